The van der Waals surface area contributed by atoms with Crippen LogP contribution in [0.25, 0.3) is 0 Å². The van der Waals surface area contributed by atoms with Crippen LogP contribution in [0.15, 0.2) is 5.38 Å². The topological polar surface area (TPSA) is 38.9 Å². The molecule has 0 amide bonds. The van der Waals surface area contributed by atoms with E-state index in [1.165, 1.54) is 36.4 Å². The standard InChI is InChI=1S/C16H26N2S/c1-16(2,3)13-9-19-14(18-13)8-12(17)15-10-6-4-5-7-11(10)15/h9-12,15H,4-8,17H2,1-3H3. The largest absolute Gasteiger partial charge is 0.327 e. The van der Waals surface area contributed by atoms with Gasteiger partial charge in [-0.05, 0) is 30.6 Å². The fourth-order valence-electron chi connectivity index (χ4n) is 3.77. The number of hydrogen-bond donors (Lipinski definition) is 1. The van der Waals surface area contributed by atoms with Gasteiger partial charge in [0.05, 0.1) is 10.7 Å². The number of nitrogens with zero attached hydrogens (tertiary/aromatic N) is 1. The first kappa shape index (κ1) is 13.6. The second-order valence-electron chi connectivity index (χ2n) is 7.43. The summed E-state index contributed by atoms with van der Waals surface area (Å²) in [6, 6.07) is 0.340. The van der Waals surface area contributed by atoms with Crippen LogP contribution in [0, 0.1) is 17.8 Å². The van der Waals surface area contributed by atoms with Crippen LogP contribution < -0.4 is 5.73 Å². The normalized spacial score (nSPS) is 31.9. The molecule has 0 aliphatic heterocycles. The molecule has 3 heteroatoms. The molecule has 1 heterocycles. The molecule has 2 N–H and O–H groups in total. The van der Waals surface area contributed by atoms with Gasteiger partial charge in [0.2, 0.25) is 0 Å². The Morgan fingerprint density at radius 3 is 2.47 bits per heavy atom. The van der Waals surface area contributed by atoms with Crippen LogP contribution in [0.3, 0.4) is 0 Å². The highest BCUT2D eigenvalue weighted by molar-refractivity contribution is 7.09. The van der Waals surface area contributed by atoms with E-state index < -0.39 is 0 Å². The lowest BCUT2D eigenvalue weighted by molar-refractivity contribution is 0.480. The zero-order valence-electron chi connectivity index (χ0n) is 12.4. The molecule has 2 fully saturated rings. The van der Waals surface area contributed by atoms with Crippen molar-refractivity contribution in [3.05, 3.63) is 16.1 Å². The zero-order chi connectivity index (χ0) is 13.6. The molecule has 0 radical (unpaired) electrons. The minimum Gasteiger partial charge on any atom is -0.327 e. The van der Waals surface area contributed by atoms with E-state index in [0.29, 0.717) is 6.04 Å². The summed E-state index contributed by atoms with van der Waals surface area (Å²) in [6.07, 6.45) is 6.69. The quantitative estimate of drug-likeness (QED) is 0.914. The molecule has 1 aromatic rings. The predicted octanol–water partition coefficient (Wildman–Crippen LogP) is 3.75. The Morgan fingerprint density at radius 1 is 1.32 bits per heavy atom. The lowest BCUT2D eigenvalue weighted by Crippen LogP contribution is -2.27. The van der Waals surface area contributed by atoms with Crippen molar-refractivity contribution in [2.45, 2.75) is 64.3 Å². The molecule has 106 valence electrons. The van der Waals surface area contributed by atoms with E-state index in [1.54, 1.807) is 11.3 Å². The molecule has 0 aromatic carbocycles. The molecule has 0 saturated heterocycles. The summed E-state index contributed by atoms with van der Waals surface area (Å²) in [7, 11) is 0. The van der Waals surface area contributed by atoms with Crippen LogP contribution in [-0.4, -0.2) is 11.0 Å². The fourth-order valence-corrected chi connectivity index (χ4v) is 4.86. The molecule has 0 spiro atoms. The maximum atomic E-state index is 6.46. The van der Waals surface area contributed by atoms with Crippen molar-refractivity contribution in [2.24, 2.45) is 23.5 Å². The van der Waals surface area contributed by atoms with Gasteiger partial charge >= 0.3 is 0 Å². The Balaban J connectivity index is 1.61. The summed E-state index contributed by atoms with van der Waals surface area (Å²) in [4.78, 5) is 4.79. The lowest BCUT2D eigenvalue weighted by Gasteiger charge is -2.14. The minimum atomic E-state index is 0.159. The van der Waals surface area contributed by atoms with Gasteiger partial charge in [-0.15, -0.1) is 11.3 Å². The number of nitrogens with two attached hydrogens (primary N) is 1. The second-order valence-corrected chi connectivity index (χ2v) is 8.38. The minimum absolute atomic E-state index is 0.159. The number of hydrogen-bond acceptors (Lipinski definition) is 3. The van der Waals surface area contributed by atoms with E-state index >= 15 is 0 Å². The van der Waals surface area contributed by atoms with Crippen LogP contribution in [0.5, 0.6) is 0 Å². The smallest absolute Gasteiger partial charge is 0.0944 e. The maximum absolute atomic E-state index is 6.46. The van der Waals surface area contributed by atoms with Crippen molar-refractivity contribution in [2.75, 3.05) is 0 Å². The molecule has 19 heavy (non-hydrogen) atoms. The Hall–Kier alpha value is -0.410. The van der Waals surface area contributed by atoms with E-state index in [9.17, 15) is 0 Å². The molecule has 2 nitrogen and oxygen atoms in total. The van der Waals surface area contributed by atoms with Crippen molar-refractivity contribution < 1.29 is 0 Å². The van der Waals surface area contributed by atoms with Crippen LogP contribution in [0.2, 0.25) is 0 Å². The molecule has 3 unspecified atom stereocenters. The summed E-state index contributed by atoms with van der Waals surface area (Å²) < 4.78 is 0. The van der Waals surface area contributed by atoms with Crippen LogP contribution in [-0.2, 0) is 11.8 Å². The average Bonchev–Trinajstić information content (AvgIpc) is 2.88. The molecular formula is C16H26N2S. The average molecular weight is 278 g/mol. The first-order chi connectivity index (χ1) is 8.97. The number of fused-ring (bicyclic) bond motifs is 1. The maximum Gasteiger partial charge on any atom is 0.0944 e. The molecule has 0 bridgehead atoms. The Morgan fingerprint density at radius 2 is 1.95 bits per heavy atom. The van der Waals surface area contributed by atoms with Crippen LogP contribution >= 0.6 is 11.3 Å². The predicted molar refractivity (Wildman–Crippen MR) is 81.4 cm³/mol. The van der Waals surface area contributed by atoms with E-state index in [0.717, 1.165) is 24.2 Å². The monoisotopic (exact) mass is 278 g/mol. The summed E-state index contributed by atoms with van der Waals surface area (Å²) >= 11 is 1.79. The molecule has 1 aromatic heterocycles. The van der Waals surface area contributed by atoms with Gasteiger partial charge in [0, 0.05) is 23.3 Å². The third kappa shape index (κ3) is 2.73. The van der Waals surface area contributed by atoms with E-state index in [-0.39, 0.29) is 5.41 Å². The van der Waals surface area contributed by atoms with Crippen molar-refractivity contribution in [3.63, 3.8) is 0 Å². The lowest BCUT2D eigenvalue weighted by atomic mass is 9.93. The van der Waals surface area contributed by atoms with Gasteiger partial charge in [0.1, 0.15) is 0 Å². The summed E-state index contributed by atoms with van der Waals surface area (Å²) in [6.45, 7) is 6.67. The van der Waals surface area contributed by atoms with Gasteiger partial charge in [-0.25, -0.2) is 4.98 Å². The third-order valence-corrected chi connectivity index (χ3v) is 5.82. The van der Waals surface area contributed by atoms with Crippen LogP contribution in [0.4, 0.5) is 0 Å². The summed E-state index contributed by atoms with van der Waals surface area (Å²) in [5.74, 6) is 2.70. The number of aromatic nitrogens is 1. The first-order valence-electron chi connectivity index (χ1n) is 7.67. The number of rotatable bonds is 3. The molecule has 3 rings (SSSR count). The molecule has 2 saturated carbocycles. The fraction of sp³-hybridized carbons (Fsp3) is 0.812. The van der Waals surface area contributed by atoms with E-state index in [1.807, 2.05) is 0 Å². The highest BCUT2D eigenvalue weighted by Crippen LogP contribution is 2.56. The molecule has 3 atom stereocenters. The van der Waals surface area contributed by atoms with Gasteiger partial charge in [0.15, 0.2) is 0 Å². The number of thiazole rings is 1. The van der Waals surface area contributed by atoms with E-state index in [4.69, 9.17) is 10.7 Å². The Bertz CT molecular complexity index is 434. The second kappa shape index (κ2) is 4.85. The zero-order valence-corrected chi connectivity index (χ0v) is 13.2. The van der Waals surface area contributed by atoms with Gasteiger partial charge in [-0.3, -0.25) is 0 Å². The van der Waals surface area contributed by atoms with Gasteiger partial charge in [-0.2, -0.15) is 0 Å². The summed E-state index contributed by atoms with van der Waals surface area (Å²) in [5, 5.41) is 3.45. The van der Waals surface area contributed by atoms with Gasteiger partial charge < -0.3 is 5.73 Å². The highest BCUT2D eigenvalue weighted by Gasteiger charge is 2.53. The van der Waals surface area contributed by atoms with Crippen molar-refractivity contribution >= 4 is 11.3 Å². The SMILES string of the molecule is CC(C)(C)c1csc(CC(N)C2C3CCCCC32)n1. The molecule has 2 aliphatic rings. The third-order valence-electron chi connectivity index (χ3n) is 4.95. The highest BCUT2D eigenvalue weighted by atomic mass is 32.1. The van der Waals surface area contributed by atoms with E-state index in [2.05, 4.69) is 26.2 Å². The van der Waals surface area contributed by atoms with Crippen LogP contribution in [0.1, 0.15) is 57.2 Å². The Kier molecular flexibility index (Phi) is 3.46. The first-order valence-corrected chi connectivity index (χ1v) is 8.55. The Labute approximate surface area is 120 Å². The van der Waals surface area contributed by atoms with Crippen molar-refractivity contribution in [1.29, 1.82) is 0 Å². The molecule has 2 aliphatic carbocycles. The van der Waals surface area contributed by atoms with Crippen molar-refractivity contribution in [3.8, 4) is 0 Å². The van der Waals surface area contributed by atoms with Gasteiger partial charge in [-0.1, -0.05) is 33.6 Å². The molecular weight excluding hydrogens is 252 g/mol. The summed E-state index contributed by atoms with van der Waals surface area (Å²) in [5.41, 5.74) is 7.83. The van der Waals surface area contributed by atoms with Gasteiger partial charge in [0.25, 0.3) is 0 Å². The van der Waals surface area contributed by atoms with Crippen molar-refractivity contribution in [1.82, 2.24) is 4.98 Å².